The van der Waals surface area contributed by atoms with Crippen LogP contribution in [0, 0.1) is 0 Å². The Balaban J connectivity index is 1.69. The highest BCUT2D eigenvalue weighted by molar-refractivity contribution is 7.18. The summed E-state index contributed by atoms with van der Waals surface area (Å²) in [7, 11) is 5.25. The van der Waals surface area contributed by atoms with Crippen molar-refractivity contribution in [3.63, 3.8) is 0 Å². The summed E-state index contributed by atoms with van der Waals surface area (Å²) >= 11 is 7.06. The molecule has 0 aliphatic carbocycles. The zero-order chi connectivity index (χ0) is 24.0. The molecule has 178 valence electrons. The van der Waals surface area contributed by atoms with Crippen LogP contribution in [0.3, 0.4) is 0 Å². The Morgan fingerprint density at radius 2 is 1.88 bits per heavy atom. The fourth-order valence-corrected chi connectivity index (χ4v) is 4.42. The molecule has 3 rings (SSSR count). The molecular formula is C23H29ClN4O4S. The molecule has 0 spiro atoms. The average Bonchev–Trinajstić information content (AvgIpc) is 3.13. The lowest BCUT2D eigenvalue weighted by molar-refractivity contribution is -0.118. The van der Waals surface area contributed by atoms with E-state index in [9.17, 15) is 14.4 Å². The first-order valence-electron chi connectivity index (χ1n) is 10.7. The standard InChI is InChI=1S/C23H29ClN4O4S/c1-27(2)23(31)32-13-10-18(26-22(30)19-6-7-20(24)33-19)21(29)25-17-5-4-15-8-11-28(3)12-9-16(15)14-17/h4-7,14,18H,8-13H2,1-3H3,(H,25,29)(H,26,30). The van der Waals surface area contributed by atoms with E-state index < -0.39 is 18.0 Å². The Morgan fingerprint density at radius 1 is 1.15 bits per heavy atom. The molecule has 0 saturated carbocycles. The molecule has 1 unspecified atom stereocenters. The van der Waals surface area contributed by atoms with Crippen LogP contribution in [-0.2, 0) is 22.4 Å². The van der Waals surface area contributed by atoms with Crippen LogP contribution in [0.25, 0.3) is 0 Å². The number of rotatable bonds is 7. The van der Waals surface area contributed by atoms with Crippen LogP contribution in [0.5, 0.6) is 0 Å². The molecule has 33 heavy (non-hydrogen) atoms. The first-order valence-corrected chi connectivity index (χ1v) is 11.9. The van der Waals surface area contributed by atoms with Crippen molar-refractivity contribution in [2.24, 2.45) is 0 Å². The minimum Gasteiger partial charge on any atom is -0.449 e. The van der Waals surface area contributed by atoms with Crippen LogP contribution in [0.1, 0.15) is 27.2 Å². The number of carbonyl (C=O) groups is 3. The van der Waals surface area contributed by atoms with E-state index in [1.165, 1.54) is 16.0 Å². The maximum Gasteiger partial charge on any atom is 0.409 e. The quantitative estimate of drug-likeness (QED) is 0.619. The zero-order valence-corrected chi connectivity index (χ0v) is 20.6. The lowest BCUT2D eigenvalue weighted by Gasteiger charge is -2.19. The van der Waals surface area contributed by atoms with E-state index in [4.69, 9.17) is 16.3 Å². The third-order valence-corrected chi connectivity index (χ3v) is 6.65. The third-order valence-electron chi connectivity index (χ3n) is 5.42. The zero-order valence-electron chi connectivity index (χ0n) is 19.0. The highest BCUT2D eigenvalue weighted by atomic mass is 35.5. The molecule has 0 radical (unpaired) electrons. The fraction of sp³-hybridized carbons (Fsp3) is 0.435. The predicted molar refractivity (Wildman–Crippen MR) is 130 cm³/mol. The second-order valence-electron chi connectivity index (χ2n) is 8.20. The van der Waals surface area contributed by atoms with Gasteiger partial charge in [-0.2, -0.15) is 0 Å². The highest BCUT2D eigenvalue weighted by Crippen LogP contribution is 2.22. The SMILES string of the molecule is CN1CCc2ccc(NC(=O)C(CCOC(=O)N(C)C)NC(=O)c3ccc(Cl)s3)cc2CC1. The average molecular weight is 493 g/mol. The van der Waals surface area contributed by atoms with Crippen molar-refractivity contribution in [1.29, 1.82) is 0 Å². The molecule has 8 nitrogen and oxygen atoms in total. The third kappa shape index (κ3) is 7.18. The number of fused-ring (bicyclic) bond motifs is 1. The van der Waals surface area contributed by atoms with Crippen LogP contribution >= 0.6 is 22.9 Å². The summed E-state index contributed by atoms with van der Waals surface area (Å²) in [5.41, 5.74) is 3.17. The number of hydrogen-bond acceptors (Lipinski definition) is 6. The number of nitrogens with one attached hydrogen (secondary N) is 2. The maximum atomic E-state index is 13.1. The number of anilines is 1. The lowest BCUT2D eigenvalue weighted by Crippen LogP contribution is -2.44. The Hall–Kier alpha value is -2.62. The molecule has 0 fully saturated rings. The smallest absolute Gasteiger partial charge is 0.409 e. The van der Waals surface area contributed by atoms with Crippen molar-refractivity contribution >= 4 is 46.5 Å². The van der Waals surface area contributed by atoms with Gasteiger partial charge in [-0.25, -0.2) is 4.79 Å². The number of likely N-dealkylation sites (N-methyl/N-ethyl adjacent to an activating group) is 1. The van der Waals surface area contributed by atoms with Gasteiger partial charge >= 0.3 is 6.09 Å². The number of benzene rings is 1. The Morgan fingerprint density at radius 3 is 2.55 bits per heavy atom. The minimum atomic E-state index is -0.890. The summed E-state index contributed by atoms with van der Waals surface area (Å²) in [6.45, 7) is 1.95. The van der Waals surface area contributed by atoms with Crippen molar-refractivity contribution in [3.05, 3.63) is 50.7 Å². The van der Waals surface area contributed by atoms with Crippen LogP contribution < -0.4 is 10.6 Å². The molecule has 1 aliphatic rings. The van der Waals surface area contributed by atoms with Crippen molar-refractivity contribution in [1.82, 2.24) is 15.1 Å². The van der Waals surface area contributed by atoms with Gasteiger partial charge in [0.2, 0.25) is 5.91 Å². The van der Waals surface area contributed by atoms with Gasteiger partial charge in [0.25, 0.3) is 5.91 Å². The largest absolute Gasteiger partial charge is 0.449 e. The van der Waals surface area contributed by atoms with Crippen LogP contribution in [0.15, 0.2) is 30.3 Å². The van der Waals surface area contributed by atoms with Gasteiger partial charge in [0.05, 0.1) is 15.8 Å². The van der Waals surface area contributed by atoms with Crippen molar-refractivity contribution in [2.45, 2.75) is 25.3 Å². The summed E-state index contributed by atoms with van der Waals surface area (Å²) in [5.74, 6) is -0.784. The predicted octanol–water partition coefficient (Wildman–Crippen LogP) is 3.26. The van der Waals surface area contributed by atoms with Crippen LogP contribution in [-0.4, -0.2) is 74.6 Å². The second-order valence-corrected chi connectivity index (χ2v) is 9.92. The van der Waals surface area contributed by atoms with Crippen LogP contribution in [0.2, 0.25) is 4.34 Å². The van der Waals surface area contributed by atoms with E-state index in [1.54, 1.807) is 26.2 Å². The molecule has 2 N–H and O–H groups in total. The molecule has 10 heteroatoms. The summed E-state index contributed by atoms with van der Waals surface area (Å²) < 4.78 is 5.64. The number of hydrogen-bond donors (Lipinski definition) is 2. The number of ether oxygens (including phenoxy) is 1. The Kier molecular flexibility index (Phi) is 8.71. The number of amides is 3. The maximum absolute atomic E-state index is 13.1. The summed E-state index contributed by atoms with van der Waals surface area (Å²) in [6, 6.07) is 8.26. The van der Waals surface area contributed by atoms with E-state index in [-0.39, 0.29) is 18.9 Å². The molecule has 1 aliphatic heterocycles. The molecule has 0 bridgehead atoms. The van der Waals surface area contributed by atoms with Crippen LogP contribution in [0.4, 0.5) is 10.5 Å². The van der Waals surface area contributed by atoms with E-state index >= 15 is 0 Å². The van der Waals surface area contributed by atoms with E-state index in [0.717, 1.165) is 37.3 Å². The molecule has 3 amide bonds. The van der Waals surface area contributed by atoms with E-state index in [2.05, 4.69) is 22.6 Å². The summed E-state index contributed by atoms with van der Waals surface area (Å²) in [5, 5.41) is 5.64. The van der Waals surface area contributed by atoms with Crippen molar-refractivity contribution < 1.29 is 19.1 Å². The lowest BCUT2D eigenvalue weighted by atomic mass is 10.0. The number of halogens is 1. The van der Waals surface area contributed by atoms with Crippen molar-refractivity contribution in [3.8, 4) is 0 Å². The molecule has 1 atom stereocenters. The number of nitrogens with zero attached hydrogens (tertiary/aromatic N) is 2. The number of thiophene rings is 1. The fourth-order valence-electron chi connectivity index (χ4n) is 3.47. The van der Waals surface area contributed by atoms with Gasteiger partial charge in [-0.1, -0.05) is 17.7 Å². The van der Waals surface area contributed by atoms with Gasteiger partial charge in [0.15, 0.2) is 0 Å². The van der Waals surface area contributed by atoms with Gasteiger partial charge < -0.3 is 25.2 Å². The molecular weight excluding hydrogens is 464 g/mol. The molecule has 1 aromatic heterocycles. The second kappa shape index (κ2) is 11.5. The number of carbonyl (C=O) groups excluding carboxylic acids is 3. The van der Waals surface area contributed by atoms with Gasteiger partial charge in [0, 0.05) is 39.3 Å². The minimum absolute atomic E-state index is 0.0168. The topological polar surface area (TPSA) is 91.0 Å². The van der Waals surface area contributed by atoms with Gasteiger partial charge in [-0.3, -0.25) is 9.59 Å². The Labute approximate surface area is 202 Å². The summed E-state index contributed by atoms with van der Waals surface area (Å²) in [6.07, 6.45) is 1.50. The first kappa shape index (κ1) is 25.0. The highest BCUT2D eigenvalue weighted by Gasteiger charge is 2.24. The van der Waals surface area contributed by atoms with Gasteiger partial charge in [0.1, 0.15) is 6.04 Å². The summed E-state index contributed by atoms with van der Waals surface area (Å²) in [4.78, 5) is 41.4. The molecule has 2 heterocycles. The molecule has 0 saturated heterocycles. The Bertz CT molecular complexity index is 1010. The van der Waals surface area contributed by atoms with E-state index in [0.29, 0.717) is 14.9 Å². The first-order chi connectivity index (χ1) is 15.7. The monoisotopic (exact) mass is 492 g/mol. The molecule has 1 aromatic carbocycles. The van der Waals surface area contributed by atoms with Gasteiger partial charge in [-0.05, 0) is 55.3 Å². The molecule has 2 aromatic rings. The normalized spacial score (nSPS) is 14.5. The van der Waals surface area contributed by atoms with Crippen molar-refractivity contribution in [2.75, 3.05) is 46.2 Å². The van der Waals surface area contributed by atoms with E-state index in [1.807, 2.05) is 18.2 Å². The van der Waals surface area contributed by atoms with Gasteiger partial charge in [-0.15, -0.1) is 11.3 Å².